The largest absolute Gasteiger partial charge is 0.352 e. The molecule has 2 rings (SSSR count). The molecule has 2 amide bonds. The molecule has 1 atom stereocenters. The monoisotopic (exact) mass is 460 g/mol. The fourth-order valence-corrected chi connectivity index (χ4v) is 4.55. The van der Waals surface area contributed by atoms with E-state index in [0.717, 1.165) is 11.3 Å². The molecule has 0 radical (unpaired) electrons. The maximum atomic E-state index is 13.2. The van der Waals surface area contributed by atoms with E-state index in [0.29, 0.717) is 23.7 Å². The van der Waals surface area contributed by atoms with Crippen LogP contribution in [-0.4, -0.2) is 34.6 Å². The Kier molecular flexibility index (Phi) is 9.92. The van der Waals surface area contributed by atoms with Crippen molar-refractivity contribution in [2.75, 3.05) is 5.75 Å². The van der Waals surface area contributed by atoms with E-state index in [1.54, 1.807) is 16.7 Å². The number of aryl methyl sites for hydroxylation is 2. The molecule has 6 heteroatoms. The van der Waals surface area contributed by atoms with Crippen molar-refractivity contribution < 1.29 is 9.59 Å². The summed E-state index contributed by atoms with van der Waals surface area (Å²) >= 11 is 7.59. The number of hydrogen-bond donors (Lipinski definition) is 1. The number of nitrogens with zero attached hydrogens (tertiary/aromatic N) is 1. The zero-order chi connectivity index (χ0) is 23.0. The van der Waals surface area contributed by atoms with Crippen molar-refractivity contribution in [3.63, 3.8) is 0 Å². The Morgan fingerprint density at radius 2 is 1.65 bits per heavy atom. The van der Waals surface area contributed by atoms with Crippen LogP contribution in [0.25, 0.3) is 0 Å². The second-order valence-electron chi connectivity index (χ2n) is 8.22. The summed E-state index contributed by atoms with van der Waals surface area (Å²) in [5.41, 5.74) is 4.61. The van der Waals surface area contributed by atoms with Gasteiger partial charge in [0.1, 0.15) is 6.04 Å². The van der Waals surface area contributed by atoms with Gasteiger partial charge in [0, 0.05) is 23.4 Å². The maximum Gasteiger partial charge on any atom is 0.243 e. The van der Waals surface area contributed by atoms with Crippen LogP contribution in [0.15, 0.2) is 42.5 Å². The highest BCUT2D eigenvalue weighted by Gasteiger charge is 2.28. The second kappa shape index (κ2) is 12.2. The van der Waals surface area contributed by atoms with Crippen molar-refractivity contribution in [1.82, 2.24) is 10.2 Å². The molecule has 0 saturated heterocycles. The molecule has 0 saturated carbocycles. The highest BCUT2D eigenvalue weighted by Crippen LogP contribution is 2.20. The highest BCUT2D eigenvalue weighted by atomic mass is 35.5. The third kappa shape index (κ3) is 8.23. The second-order valence-corrected chi connectivity index (χ2v) is 9.65. The molecule has 0 spiro atoms. The van der Waals surface area contributed by atoms with Crippen LogP contribution in [0.3, 0.4) is 0 Å². The van der Waals surface area contributed by atoms with Crippen molar-refractivity contribution in [2.24, 2.45) is 0 Å². The summed E-state index contributed by atoms with van der Waals surface area (Å²) in [7, 11) is 0. The number of hydrogen-bond acceptors (Lipinski definition) is 3. The molecule has 0 aliphatic carbocycles. The van der Waals surface area contributed by atoms with Gasteiger partial charge in [-0.15, -0.1) is 11.8 Å². The van der Waals surface area contributed by atoms with Crippen LogP contribution in [0, 0.1) is 13.8 Å². The van der Waals surface area contributed by atoms with Crippen molar-refractivity contribution >= 4 is 35.2 Å². The normalized spacial score (nSPS) is 12.0. The van der Waals surface area contributed by atoms with E-state index in [1.807, 2.05) is 45.0 Å². The van der Waals surface area contributed by atoms with Crippen LogP contribution in [0.5, 0.6) is 0 Å². The van der Waals surface area contributed by atoms with Crippen molar-refractivity contribution in [3.8, 4) is 0 Å². The first kappa shape index (κ1) is 25.3. The minimum Gasteiger partial charge on any atom is -0.352 e. The summed E-state index contributed by atoms with van der Waals surface area (Å²) in [6.45, 7) is 10.3. The number of halogens is 1. The van der Waals surface area contributed by atoms with Crippen molar-refractivity contribution in [3.05, 3.63) is 69.7 Å². The average Bonchev–Trinajstić information content (AvgIpc) is 2.68. The van der Waals surface area contributed by atoms with Crippen LogP contribution in [-0.2, 0) is 21.9 Å². The van der Waals surface area contributed by atoms with E-state index >= 15 is 0 Å². The van der Waals surface area contributed by atoms with E-state index in [-0.39, 0.29) is 17.9 Å². The lowest BCUT2D eigenvalue weighted by Crippen LogP contribution is -2.50. The maximum absolute atomic E-state index is 13.2. The van der Waals surface area contributed by atoms with Gasteiger partial charge in [-0.1, -0.05) is 60.0 Å². The molecule has 0 heterocycles. The lowest BCUT2D eigenvalue weighted by atomic mass is 10.1. The number of nitrogens with one attached hydrogen (secondary N) is 1. The van der Waals surface area contributed by atoms with Gasteiger partial charge >= 0.3 is 0 Å². The van der Waals surface area contributed by atoms with Crippen molar-refractivity contribution in [1.29, 1.82) is 0 Å². The van der Waals surface area contributed by atoms with Gasteiger partial charge in [-0.05, 0) is 57.4 Å². The lowest BCUT2D eigenvalue weighted by Gasteiger charge is -2.31. The molecule has 31 heavy (non-hydrogen) atoms. The van der Waals surface area contributed by atoms with Gasteiger partial charge in [-0.25, -0.2) is 0 Å². The minimum absolute atomic E-state index is 0.0213. The summed E-state index contributed by atoms with van der Waals surface area (Å²) < 4.78 is 0. The Morgan fingerprint density at radius 1 is 1.03 bits per heavy atom. The molecular formula is C25H33ClN2O2S. The third-order valence-corrected chi connectivity index (χ3v) is 6.10. The van der Waals surface area contributed by atoms with E-state index < -0.39 is 6.04 Å². The van der Waals surface area contributed by atoms with Gasteiger partial charge in [-0.2, -0.15) is 0 Å². The zero-order valence-corrected chi connectivity index (χ0v) is 20.6. The first-order valence-electron chi connectivity index (χ1n) is 10.7. The van der Waals surface area contributed by atoms with E-state index in [1.165, 1.54) is 16.7 Å². The molecule has 4 nitrogen and oxygen atoms in total. The molecular weight excluding hydrogens is 428 g/mol. The molecule has 0 aromatic heterocycles. The summed E-state index contributed by atoms with van der Waals surface area (Å²) in [6.07, 6.45) is 0.555. The Hall–Kier alpha value is -1.98. The first-order chi connectivity index (χ1) is 14.7. The fraction of sp³-hybridized carbons (Fsp3) is 0.440. The van der Waals surface area contributed by atoms with Crippen molar-refractivity contribution in [2.45, 2.75) is 65.4 Å². The van der Waals surface area contributed by atoms with Gasteiger partial charge in [0.25, 0.3) is 0 Å². The minimum atomic E-state index is -0.507. The predicted molar refractivity (Wildman–Crippen MR) is 131 cm³/mol. The van der Waals surface area contributed by atoms with Gasteiger partial charge in [0.05, 0.1) is 5.75 Å². The number of carbonyl (C=O) groups is 2. The number of rotatable bonds is 10. The summed E-state index contributed by atoms with van der Waals surface area (Å²) in [5, 5.41) is 3.61. The number of amides is 2. The predicted octanol–water partition coefficient (Wildman–Crippen LogP) is 5.52. The number of thioether (sulfide) groups is 1. The molecule has 0 bridgehead atoms. The van der Waals surface area contributed by atoms with Gasteiger partial charge in [-0.3, -0.25) is 9.59 Å². The number of benzene rings is 2. The van der Waals surface area contributed by atoms with Gasteiger partial charge < -0.3 is 10.2 Å². The molecule has 0 aliphatic heterocycles. The number of carbonyl (C=O) groups excluding carboxylic acids is 2. The Balaban J connectivity index is 2.13. The lowest BCUT2D eigenvalue weighted by molar-refractivity contribution is -0.139. The standard InChI is InChI=1S/C25H33ClN2O2S/c1-6-23(25(30)27-17(2)3)28(14-20-7-9-22(26)10-8-20)24(29)16-31-15-21-12-18(4)11-19(5)13-21/h7-13,17,23H,6,14-16H2,1-5H3,(H,27,30)/t23-/m1/s1. The molecule has 1 N–H and O–H groups in total. The van der Waals surface area contributed by atoms with Crippen LogP contribution in [0.2, 0.25) is 5.02 Å². The molecule has 0 fully saturated rings. The Morgan fingerprint density at radius 3 is 2.19 bits per heavy atom. The van der Waals surface area contributed by atoms with E-state index in [2.05, 4.69) is 37.4 Å². The summed E-state index contributed by atoms with van der Waals surface area (Å²) in [4.78, 5) is 27.7. The first-order valence-corrected chi connectivity index (χ1v) is 12.2. The summed E-state index contributed by atoms with van der Waals surface area (Å²) in [5.74, 6) is 0.943. The van der Waals surface area contributed by atoms with E-state index in [4.69, 9.17) is 11.6 Å². The Labute approximate surface area is 195 Å². The van der Waals surface area contributed by atoms with Crippen LogP contribution in [0.1, 0.15) is 49.4 Å². The molecule has 0 aliphatic rings. The zero-order valence-electron chi connectivity index (χ0n) is 19.1. The highest BCUT2D eigenvalue weighted by molar-refractivity contribution is 7.99. The average molecular weight is 461 g/mol. The Bertz CT molecular complexity index is 863. The smallest absolute Gasteiger partial charge is 0.243 e. The molecule has 168 valence electrons. The van der Waals surface area contributed by atoms with Gasteiger partial charge in [0.2, 0.25) is 11.8 Å². The van der Waals surface area contributed by atoms with Crippen LogP contribution in [0.4, 0.5) is 0 Å². The fourth-order valence-electron chi connectivity index (χ4n) is 3.58. The molecule has 0 unspecified atom stereocenters. The van der Waals surface area contributed by atoms with E-state index in [9.17, 15) is 9.59 Å². The SMILES string of the molecule is CC[C@H](C(=O)NC(C)C)N(Cc1ccc(Cl)cc1)C(=O)CSCc1cc(C)cc(C)c1. The molecule has 2 aromatic rings. The quantitative estimate of drug-likeness (QED) is 0.507. The topological polar surface area (TPSA) is 49.4 Å². The summed E-state index contributed by atoms with van der Waals surface area (Å²) in [6, 6.07) is 13.4. The van der Waals surface area contributed by atoms with Crippen LogP contribution >= 0.6 is 23.4 Å². The third-order valence-electron chi connectivity index (χ3n) is 4.86. The van der Waals surface area contributed by atoms with Crippen LogP contribution < -0.4 is 5.32 Å². The van der Waals surface area contributed by atoms with Gasteiger partial charge in [0.15, 0.2) is 0 Å². The molecule has 2 aromatic carbocycles.